The third kappa shape index (κ3) is 16.4. The van der Waals surface area contributed by atoms with Gasteiger partial charge in [0.2, 0.25) is 17.5 Å². The molecule has 27 heteroatoms. The number of nitrogens with zero attached hydrogens (tertiary/aromatic N) is 2. The van der Waals surface area contributed by atoms with Crippen LogP contribution in [-0.2, 0) is 72.5 Å². The van der Waals surface area contributed by atoms with Gasteiger partial charge in [0, 0.05) is 87.0 Å². The highest BCUT2D eigenvalue weighted by Crippen LogP contribution is 2.52. The lowest BCUT2D eigenvalue weighted by atomic mass is 9.78. The van der Waals surface area contributed by atoms with Gasteiger partial charge in [0.25, 0.3) is 0 Å². The van der Waals surface area contributed by atoms with E-state index in [1.54, 1.807) is 7.11 Å². The standard InChI is InChI=1S/C81H108N4O23/c1-80(2)59(84(51-27-23-45-15-6-8-19-49(45)63(51)80)35-31-61(90)82-33-13-39-101-72-54-22-12-38-99-73-55(41-86)105-78(68(95)67(73)94)107-76(69(72)96)58(44-89)104-54)29-25-47-17-10-18-48(71(47)98-5)26-30-60-81(3,4)64-50-20-9-7-16-46(50)24-28-52(64)85(60)36-32-62(91)83-34-14-40-102-77-70(97)74-56(42-87)106-79(77)108-75-57(43-88)103-53(21-11-37-100-74)65(92)66(75)93/h6-9,15-16,19-20,23-30,53-58,65-70,72-79,86-89,92-97H,10-14,17-18,21-22,31-44H2,1-5H3,(H-,82,83,90,91)/p+1/t53-,54-,55-,56-,57-,58-,65+,66-,67-,68-,69-,70+,72+,73-,74?,75?,76-,77-,78?,79?/m1/s1. The Morgan fingerprint density at radius 3 is 1.79 bits per heavy atom. The van der Waals surface area contributed by atoms with Gasteiger partial charge in [-0.3, -0.25) is 9.59 Å². The number of ether oxygens (including phenoxy) is 11. The van der Waals surface area contributed by atoms with Gasteiger partial charge >= 0.3 is 0 Å². The minimum Gasteiger partial charge on any atom is -0.496 e. The van der Waals surface area contributed by atoms with E-state index in [2.05, 4.69) is 133 Å². The Morgan fingerprint density at radius 2 is 1.12 bits per heavy atom. The van der Waals surface area contributed by atoms with Gasteiger partial charge in [0.1, 0.15) is 103 Å². The zero-order valence-electron chi connectivity index (χ0n) is 62.2. The van der Waals surface area contributed by atoms with Crippen LogP contribution in [0.5, 0.6) is 0 Å². The number of benzene rings is 4. The van der Waals surface area contributed by atoms with Gasteiger partial charge in [-0.2, -0.15) is 4.58 Å². The molecule has 0 radical (unpaired) electrons. The van der Waals surface area contributed by atoms with Gasteiger partial charge in [0.15, 0.2) is 24.8 Å². The number of carbonyl (C=O) groups is 2. The zero-order valence-corrected chi connectivity index (χ0v) is 62.2. The molecule has 15 aliphatic rings. The summed E-state index contributed by atoms with van der Waals surface area (Å²) in [7, 11) is 1.71. The number of fused-ring (bicyclic) bond motifs is 6. The number of aliphatic hydroxyl groups excluding tert-OH is 10. The Hall–Kier alpha value is -6.23. The van der Waals surface area contributed by atoms with E-state index < -0.39 is 160 Å². The van der Waals surface area contributed by atoms with Gasteiger partial charge in [-0.05, 0) is 134 Å². The summed E-state index contributed by atoms with van der Waals surface area (Å²) in [4.78, 5) is 30.2. The largest absolute Gasteiger partial charge is 0.496 e. The zero-order chi connectivity index (χ0) is 76.1. The van der Waals surface area contributed by atoms with E-state index in [-0.39, 0.29) is 64.2 Å². The Kier molecular flexibility index (Phi) is 26.0. The molecule has 0 spiro atoms. The first kappa shape index (κ1) is 79.8. The van der Waals surface area contributed by atoms with E-state index >= 15 is 0 Å². The second kappa shape index (κ2) is 35.2. The van der Waals surface area contributed by atoms with Crippen LogP contribution in [0, 0.1) is 0 Å². The maximum absolute atomic E-state index is 14.0. The number of anilines is 1. The van der Waals surface area contributed by atoms with Gasteiger partial charge < -0.3 is 119 Å². The molecule has 12 saturated heterocycles. The molecule has 590 valence electrons. The molecule has 14 heterocycles. The van der Waals surface area contributed by atoms with Gasteiger partial charge in [-0.25, -0.2) is 0 Å². The van der Waals surface area contributed by atoms with Crippen molar-refractivity contribution in [3.63, 3.8) is 0 Å². The highest BCUT2D eigenvalue weighted by atomic mass is 16.7. The fourth-order valence-electron chi connectivity index (χ4n) is 17.6. The quantitative estimate of drug-likeness (QED) is 0.0353. The van der Waals surface area contributed by atoms with Gasteiger partial charge in [0.05, 0.1) is 57.6 Å². The summed E-state index contributed by atoms with van der Waals surface area (Å²) in [6.07, 6.45) is -10.0. The van der Waals surface area contributed by atoms with Crippen molar-refractivity contribution >= 4 is 50.4 Å². The summed E-state index contributed by atoms with van der Waals surface area (Å²) in [5.41, 5.74) is 7.46. The molecule has 8 bridgehead atoms. The summed E-state index contributed by atoms with van der Waals surface area (Å²) < 4.78 is 69.5. The van der Waals surface area contributed by atoms with Crippen molar-refractivity contribution in [3.05, 3.63) is 131 Å². The van der Waals surface area contributed by atoms with E-state index in [4.69, 9.17) is 52.1 Å². The summed E-state index contributed by atoms with van der Waals surface area (Å²) in [6.45, 7) is 8.45. The molecule has 0 saturated carbocycles. The lowest BCUT2D eigenvalue weighted by molar-refractivity contribution is -0.436. The fourth-order valence-corrected chi connectivity index (χ4v) is 17.6. The minimum absolute atomic E-state index is 0.0373. The smallest absolute Gasteiger partial charge is 0.226 e. The van der Waals surface area contributed by atoms with Crippen molar-refractivity contribution in [3.8, 4) is 0 Å². The first-order chi connectivity index (χ1) is 52.2. The molecule has 27 nitrogen and oxygen atoms in total. The van der Waals surface area contributed by atoms with Crippen LogP contribution in [0.2, 0.25) is 0 Å². The van der Waals surface area contributed by atoms with Crippen LogP contribution in [0.3, 0.4) is 0 Å². The molecular weight excluding hydrogens is 1400 g/mol. The summed E-state index contributed by atoms with van der Waals surface area (Å²) in [6, 6.07) is 25.2. The lowest BCUT2D eigenvalue weighted by Gasteiger charge is -2.47. The molecule has 14 aliphatic heterocycles. The third-order valence-electron chi connectivity index (χ3n) is 23.1. The second-order valence-corrected chi connectivity index (χ2v) is 30.7. The van der Waals surface area contributed by atoms with Crippen LogP contribution in [0.4, 0.5) is 11.4 Å². The molecule has 2 amide bonds. The van der Waals surface area contributed by atoms with Crippen LogP contribution in [0.1, 0.15) is 109 Å². The van der Waals surface area contributed by atoms with Crippen LogP contribution < -0.4 is 15.5 Å². The fraction of sp³-hybridized carbons (Fsp3) is 0.617. The van der Waals surface area contributed by atoms with Crippen LogP contribution in [0.25, 0.3) is 21.5 Å². The first-order valence-electron chi connectivity index (χ1n) is 38.5. The number of hydrogen-bond donors (Lipinski definition) is 12. The number of nitrogens with one attached hydrogen (secondary N) is 2. The number of carbonyl (C=O) groups excluding carboxylic acids is 2. The summed E-state index contributed by atoms with van der Waals surface area (Å²) in [5, 5.41) is 119. The number of aliphatic hydroxyl groups is 10. The number of amides is 2. The maximum atomic E-state index is 14.0. The molecule has 4 unspecified atom stereocenters. The van der Waals surface area contributed by atoms with Gasteiger partial charge in [-0.1, -0.05) is 74.5 Å². The second-order valence-electron chi connectivity index (χ2n) is 30.7. The van der Waals surface area contributed by atoms with Crippen molar-refractivity contribution in [1.82, 2.24) is 10.6 Å². The molecule has 4 aromatic carbocycles. The monoisotopic (exact) mass is 1510 g/mol. The van der Waals surface area contributed by atoms with Gasteiger partial charge in [-0.15, -0.1) is 0 Å². The van der Waals surface area contributed by atoms with E-state index in [9.17, 15) is 60.7 Å². The Balaban J connectivity index is 0.679. The summed E-state index contributed by atoms with van der Waals surface area (Å²) >= 11 is 0. The third-order valence-corrected chi connectivity index (χ3v) is 23.1. The van der Waals surface area contributed by atoms with Crippen LogP contribution in [0.15, 0.2) is 120 Å². The SMILES string of the molecule is COC1=C(/C=C/C2=[N+](CCC(=O)NCCCO[C@@H]3[C@@H](O)[C@@H]4OC5O[C@H](CO)[C@@H](OCCC[C@H]3O[C@@H]4CO)[C@H](O)[C@H]5O)c3ccc4ccccc4c3C2(C)C)CCC/C1=C\C=C1\N(CCC(=O)NCCCO[C@H]2C3OC4[C@@H](CO)O[C@H](CCCOC([C@@H](CO)O3)[C@@H]2O)[C@H](O)[C@H]4O)c2ccc3ccccc3c2C1(C)C. The lowest BCUT2D eigenvalue weighted by Crippen LogP contribution is -2.65. The molecule has 12 fully saturated rings. The maximum Gasteiger partial charge on any atom is 0.226 e. The Morgan fingerprint density at radius 1 is 0.565 bits per heavy atom. The Bertz CT molecular complexity index is 3950. The topological polar surface area (TPSA) is 368 Å². The highest BCUT2D eigenvalue weighted by Gasteiger charge is 2.55. The molecule has 20 atom stereocenters. The minimum atomic E-state index is -1.59. The number of allylic oxidation sites excluding steroid dienone is 7. The normalized spacial score (nSPS) is 34.2. The highest BCUT2D eigenvalue weighted by molar-refractivity contribution is 6.08. The van der Waals surface area contributed by atoms with E-state index in [1.807, 2.05) is 12.1 Å². The molecule has 4 aromatic rings. The predicted molar refractivity (Wildman–Crippen MR) is 395 cm³/mol. The van der Waals surface area contributed by atoms with Crippen molar-refractivity contribution in [2.24, 2.45) is 0 Å². The Labute approximate surface area is 629 Å². The van der Waals surface area contributed by atoms with Crippen molar-refractivity contribution in [1.29, 1.82) is 0 Å². The molecule has 1 aliphatic carbocycles. The predicted octanol–water partition coefficient (Wildman–Crippen LogP) is 3.43. The van der Waals surface area contributed by atoms with Crippen molar-refractivity contribution in [2.45, 2.75) is 232 Å². The van der Waals surface area contributed by atoms with E-state index in [0.717, 1.165) is 86.1 Å². The van der Waals surface area contributed by atoms with Crippen LogP contribution >= 0.6 is 0 Å². The van der Waals surface area contributed by atoms with E-state index in [0.29, 0.717) is 51.6 Å². The van der Waals surface area contributed by atoms with E-state index in [1.165, 1.54) is 5.56 Å². The average molecular weight is 1510 g/mol. The molecule has 12 N–H and O–H groups in total. The van der Waals surface area contributed by atoms with Crippen molar-refractivity contribution < 1.29 is 117 Å². The molecular formula is C81H109N4O23+. The number of hydrogen-bond acceptors (Lipinski definition) is 24. The molecule has 0 aromatic heterocycles. The van der Waals surface area contributed by atoms with Crippen LogP contribution in [-0.4, -0.2) is 282 Å². The van der Waals surface area contributed by atoms with Crippen molar-refractivity contribution in [2.75, 3.05) is 91.0 Å². The molecule has 108 heavy (non-hydrogen) atoms. The number of rotatable bonds is 24. The first-order valence-corrected chi connectivity index (χ1v) is 38.5. The summed E-state index contributed by atoms with van der Waals surface area (Å²) in [5.74, 6) is 0.444. The average Bonchev–Trinajstić information content (AvgIpc) is 1.57. The number of methoxy groups -OCH3 is 1. The molecule has 19 rings (SSSR count).